The maximum Gasteiger partial charge on any atom is 0.228 e. The lowest BCUT2D eigenvalue weighted by Crippen LogP contribution is -2.41. The molecule has 1 amide bonds. The molecule has 0 saturated heterocycles. The molecule has 0 heterocycles. The van der Waals surface area contributed by atoms with Gasteiger partial charge in [-0.1, -0.05) is 24.3 Å². The fourth-order valence-electron chi connectivity index (χ4n) is 3.89. The second-order valence-electron chi connectivity index (χ2n) is 7.66. The largest absolute Gasteiger partial charge is 0.369 e. The Hall–Kier alpha value is -2.23. The highest BCUT2D eigenvalue weighted by Gasteiger charge is 2.41. The molecule has 138 valence electrons. The summed E-state index contributed by atoms with van der Waals surface area (Å²) in [5, 5.41) is 0. The standard InChI is InChI=1S/C22H27FN2O/c1-14-9-11-22(21(24)26,19-5-4-6-20(23)15(19)2)12-10-18(14)13-25-16(3)17-7-8-17/h4-6,13,17H,1,7-12H2,2-3H3,(H2,24,26)/b18-13-,25-16?. The number of allylic oxidation sites excluding steroid dienone is 2. The lowest BCUT2D eigenvalue weighted by atomic mass is 9.72. The Morgan fingerprint density at radius 2 is 2.04 bits per heavy atom. The lowest BCUT2D eigenvalue weighted by molar-refractivity contribution is -0.124. The van der Waals surface area contributed by atoms with Crippen LogP contribution in [-0.2, 0) is 10.2 Å². The summed E-state index contributed by atoms with van der Waals surface area (Å²) in [6.45, 7) is 7.97. The third-order valence-corrected chi connectivity index (χ3v) is 5.98. The molecule has 0 bridgehead atoms. The summed E-state index contributed by atoms with van der Waals surface area (Å²) >= 11 is 0. The van der Waals surface area contributed by atoms with Crippen LogP contribution in [0.1, 0.15) is 56.6 Å². The molecular formula is C22H27FN2O. The smallest absolute Gasteiger partial charge is 0.228 e. The van der Waals surface area contributed by atoms with Crippen molar-refractivity contribution in [3.8, 4) is 0 Å². The summed E-state index contributed by atoms with van der Waals surface area (Å²) in [6.07, 6.45) is 6.78. The quantitative estimate of drug-likeness (QED) is 0.616. The van der Waals surface area contributed by atoms with E-state index in [-0.39, 0.29) is 5.82 Å². The van der Waals surface area contributed by atoms with Gasteiger partial charge in [-0.05, 0) is 81.1 Å². The van der Waals surface area contributed by atoms with Gasteiger partial charge in [-0.25, -0.2) is 4.39 Å². The molecule has 1 aromatic rings. The van der Waals surface area contributed by atoms with Crippen LogP contribution in [0.15, 0.2) is 47.1 Å². The third kappa shape index (κ3) is 3.50. The van der Waals surface area contributed by atoms with Gasteiger partial charge in [0.2, 0.25) is 5.91 Å². The molecular weight excluding hydrogens is 327 g/mol. The molecule has 1 unspecified atom stereocenters. The average molecular weight is 354 g/mol. The van der Waals surface area contributed by atoms with Crippen molar-refractivity contribution in [3.05, 3.63) is 59.1 Å². The Labute approximate surface area is 154 Å². The van der Waals surface area contributed by atoms with Crippen molar-refractivity contribution in [1.82, 2.24) is 0 Å². The zero-order valence-electron chi connectivity index (χ0n) is 15.6. The summed E-state index contributed by atoms with van der Waals surface area (Å²) in [4.78, 5) is 17.1. The molecule has 3 nitrogen and oxygen atoms in total. The van der Waals surface area contributed by atoms with E-state index in [2.05, 4.69) is 18.5 Å². The summed E-state index contributed by atoms with van der Waals surface area (Å²) in [7, 11) is 0. The fourth-order valence-corrected chi connectivity index (χ4v) is 3.89. The van der Waals surface area contributed by atoms with Gasteiger partial charge in [-0.2, -0.15) is 0 Å². The molecule has 2 fully saturated rings. The van der Waals surface area contributed by atoms with Crippen LogP contribution in [-0.4, -0.2) is 11.6 Å². The van der Waals surface area contributed by atoms with Gasteiger partial charge in [-0.15, -0.1) is 0 Å². The van der Waals surface area contributed by atoms with Gasteiger partial charge in [0.25, 0.3) is 0 Å². The maximum atomic E-state index is 14.1. The van der Waals surface area contributed by atoms with E-state index >= 15 is 0 Å². The number of amides is 1. The van der Waals surface area contributed by atoms with Gasteiger partial charge in [0, 0.05) is 11.9 Å². The van der Waals surface area contributed by atoms with E-state index in [4.69, 9.17) is 5.73 Å². The Bertz CT molecular complexity index is 804. The third-order valence-electron chi connectivity index (χ3n) is 5.98. The Kier molecular flexibility index (Phi) is 5.12. The number of carbonyl (C=O) groups is 1. The number of hydrogen-bond donors (Lipinski definition) is 1. The normalized spacial score (nSPS) is 26.0. The molecule has 0 aromatic heterocycles. The van der Waals surface area contributed by atoms with Crippen LogP contribution in [0, 0.1) is 18.7 Å². The molecule has 3 rings (SSSR count). The lowest BCUT2D eigenvalue weighted by Gasteiger charge is -2.31. The number of nitrogens with two attached hydrogens (primary N) is 1. The van der Waals surface area contributed by atoms with E-state index in [9.17, 15) is 9.18 Å². The predicted octanol–water partition coefficient (Wildman–Crippen LogP) is 4.74. The van der Waals surface area contributed by atoms with Crippen molar-refractivity contribution in [2.75, 3.05) is 0 Å². The number of primary amides is 1. The number of benzene rings is 1. The van der Waals surface area contributed by atoms with Crippen LogP contribution < -0.4 is 5.73 Å². The van der Waals surface area contributed by atoms with Crippen molar-refractivity contribution in [2.45, 2.75) is 57.8 Å². The molecule has 2 aliphatic rings. The minimum Gasteiger partial charge on any atom is -0.369 e. The first kappa shape index (κ1) is 18.6. The minimum absolute atomic E-state index is 0.299. The molecule has 26 heavy (non-hydrogen) atoms. The van der Waals surface area contributed by atoms with E-state index in [1.807, 2.05) is 12.3 Å². The van der Waals surface area contributed by atoms with Crippen molar-refractivity contribution in [2.24, 2.45) is 16.6 Å². The zero-order chi connectivity index (χ0) is 18.9. The summed E-state index contributed by atoms with van der Waals surface area (Å²) in [5.41, 5.74) is 9.43. The first-order chi connectivity index (χ1) is 12.3. The molecule has 1 aromatic carbocycles. The Morgan fingerprint density at radius 3 is 2.69 bits per heavy atom. The molecule has 4 heteroatoms. The van der Waals surface area contributed by atoms with Crippen LogP contribution >= 0.6 is 0 Å². The highest BCUT2D eigenvalue weighted by Crippen LogP contribution is 2.43. The molecule has 2 N–H and O–H groups in total. The van der Waals surface area contributed by atoms with Crippen molar-refractivity contribution in [3.63, 3.8) is 0 Å². The monoisotopic (exact) mass is 354 g/mol. The van der Waals surface area contributed by atoms with E-state index in [1.54, 1.807) is 13.0 Å². The Balaban J connectivity index is 1.93. The first-order valence-electron chi connectivity index (χ1n) is 9.32. The highest BCUT2D eigenvalue weighted by molar-refractivity contribution is 5.88. The molecule has 0 radical (unpaired) electrons. The van der Waals surface area contributed by atoms with Gasteiger partial charge >= 0.3 is 0 Å². The van der Waals surface area contributed by atoms with Gasteiger partial charge in [0.05, 0.1) is 5.41 Å². The maximum absolute atomic E-state index is 14.1. The van der Waals surface area contributed by atoms with Crippen molar-refractivity contribution < 1.29 is 9.18 Å². The van der Waals surface area contributed by atoms with E-state index < -0.39 is 11.3 Å². The van der Waals surface area contributed by atoms with Gasteiger partial charge in [-0.3, -0.25) is 9.79 Å². The molecule has 2 saturated carbocycles. The number of rotatable bonds is 4. The number of halogens is 1. The van der Waals surface area contributed by atoms with Gasteiger partial charge < -0.3 is 5.73 Å². The van der Waals surface area contributed by atoms with E-state index in [1.165, 1.54) is 18.9 Å². The van der Waals surface area contributed by atoms with Crippen molar-refractivity contribution in [1.29, 1.82) is 0 Å². The van der Waals surface area contributed by atoms with E-state index in [0.29, 0.717) is 42.7 Å². The number of hydrogen-bond acceptors (Lipinski definition) is 2. The SMILES string of the molecule is C=C1CCC(C(N)=O)(c2cccc(F)c2C)CC/C1=C/N=C(C)C1CC1. The van der Waals surface area contributed by atoms with Gasteiger partial charge in [0.15, 0.2) is 0 Å². The van der Waals surface area contributed by atoms with Crippen LogP contribution in [0.4, 0.5) is 4.39 Å². The number of nitrogens with zero attached hydrogens (tertiary/aromatic N) is 1. The predicted molar refractivity (Wildman–Crippen MR) is 104 cm³/mol. The fraction of sp³-hybridized carbons (Fsp3) is 0.455. The van der Waals surface area contributed by atoms with Crippen LogP contribution in [0.25, 0.3) is 0 Å². The summed E-state index contributed by atoms with van der Waals surface area (Å²) < 4.78 is 14.1. The van der Waals surface area contributed by atoms with Crippen LogP contribution in [0.2, 0.25) is 0 Å². The minimum atomic E-state index is -0.861. The van der Waals surface area contributed by atoms with Gasteiger partial charge in [0.1, 0.15) is 5.82 Å². The average Bonchev–Trinajstić information content (AvgIpc) is 3.44. The van der Waals surface area contributed by atoms with Crippen LogP contribution in [0.5, 0.6) is 0 Å². The highest BCUT2D eigenvalue weighted by atomic mass is 19.1. The number of aliphatic imine (C=N–C) groups is 1. The topological polar surface area (TPSA) is 55.5 Å². The molecule has 0 aliphatic heterocycles. The Morgan fingerprint density at radius 1 is 1.35 bits per heavy atom. The van der Waals surface area contributed by atoms with Crippen LogP contribution in [0.3, 0.4) is 0 Å². The van der Waals surface area contributed by atoms with E-state index in [0.717, 1.165) is 16.9 Å². The second kappa shape index (κ2) is 7.18. The second-order valence-corrected chi connectivity index (χ2v) is 7.66. The van der Waals surface area contributed by atoms with Crippen molar-refractivity contribution >= 4 is 11.6 Å². The summed E-state index contributed by atoms with van der Waals surface area (Å²) in [6, 6.07) is 4.90. The zero-order valence-corrected chi connectivity index (χ0v) is 15.6. The molecule has 2 aliphatic carbocycles. The molecule has 0 spiro atoms. The molecule has 1 atom stereocenters. The number of carbonyl (C=O) groups excluding carboxylic acids is 1. The first-order valence-corrected chi connectivity index (χ1v) is 9.32. The summed E-state index contributed by atoms with van der Waals surface area (Å²) in [5.74, 6) is -0.0601.